The number of ether oxygens (including phenoxy) is 1. The molecule has 186 valence electrons. The van der Waals surface area contributed by atoms with Crippen molar-refractivity contribution in [3.05, 3.63) is 59.7 Å². The van der Waals surface area contributed by atoms with Gasteiger partial charge in [0.25, 0.3) is 5.91 Å². The number of carbonyl (C=O) groups is 2. The van der Waals surface area contributed by atoms with Crippen molar-refractivity contribution in [2.45, 2.75) is 25.9 Å². The fourth-order valence-corrected chi connectivity index (χ4v) is 3.09. The van der Waals surface area contributed by atoms with Gasteiger partial charge >= 0.3 is 12.1 Å². The van der Waals surface area contributed by atoms with E-state index in [1.165, 1.54) is 0 Å². The Morgan fingerprint density at radius 2 is 1.83 bits per heavy atom. The second-order valence-corrected chi connectivity index (χ2v) is 7.75. The van der Waals surface area contributed by atoms with Gasteiger partial charge in [-0.1, -0.05) is 0 Å². The van der Waals surface area contributed by atoms with E-state index in [1.807, 2.05) is 49.3 Å². The molecule has 1 aliphatic heterocycles. The van der Waals surface area contributed by atoms with Crippen molar-refractivity contribution in [2.75, 3.05) is 26.0 Å². The highest BCUT2D eigenvalue weighted by molar-refractivity contribution is 6.04. The van der Waals surface area contributed by atoms with E-state index in [0.29, 0.717) is 24.5 Å². The molecule has 0 bridgehead atoms. The standard InChI is InChI=1S/C20H22N6O2.C2HF3O2/c1-25(2)12-17-8-5-15(11-21-17)20(27)22-16-6-3-14(4-7-16)19-24-23-18-13-28-10-9-26(18)19;3-2(4,5)1(6)7/h3-8,11H,9-10,12-13H2,1-2H3,(H,22,27);(H,6,7). The zero-order chi connectivity index (χ0) is 25.6. The number of anilines is 1. The Hall–Kier alpha value is -3.84. The van der Waals surface area contributed by atoms with Crippen molar-refractivity contribution in [3.63, 3.8) is 0 Å². The molecule has 0 radical (unpaired) electrons. The Morgan fingerprint density at radius 1 is 1.14 bits per heavy atom. The highest BCUT2D eigenvalue weighted by Crippen LogP contribution is 2.23. The highest BCUT2D eigenvalue weighted by Gasteiger charge is 2.38. The number of nitrogens with one attached hydrogen (secondary N) is 1. The van der Waals surface area contributed by atoms with Crippen LogP contribution in [0.5, 0.6) is 0 Å². The summed E-state index contributed by atoms with van der Waals surface area (Å²) < 4.78 is 39.2. The second-order valence-electron chi connectivity index (χ2n) is 7.75. The first-order chi connectivity index (χ1) is 16.5. The third-order valence-electron chi connectivity index (χ3n) is 4.73. The van der Waals surface area contributed by atoms with Crippen molar-refractivity contribution in [3.8, 4) is 11.4 Å². The van der Waals surface area contributed by atoms with Crippen LogP contribution in [0.4, 0.5) is 18.9 Å². The van der Waals surface area contributed by atoms with Crippen LogP contribution < -0.4 is 5.32 Å². The van der Waals surface area contributed by atoms with Gasteiger partial charge in [0.1, 0.15) is 6.61 Å². The van der Waals surface area contributed by atoms with Crippen LogP contribution in [0.15, 0.2) is 42.6 Å². The normalized spacial score (nSPS) is 13.0. The van der Waals surface area contributed by atoms with Gasteiger partial charge in [-0.25, -0.2) is 4.79 Å². The average Bonchev–Trinajstić information content (AvgIpc) is 3.24. The van der Waals surface area contributed by atoms with Crippen LogP contribution in [-0.4, -0.2) is 68.5 Å². The first-order valence-corrected chi connectivity index (χ1v) is 10.4. The van der Waals surface area contributed by atoms with Crippen LogP contribution in [-0.2, 0) is 29.2 Å². The Balaban J connectivity index is 0.000000429. The van der Waals surface area contributed by atoms with E-state index in [1.54, 1.807) is 12.3 Å². The van der Waals surface area contributed by atoms with Gasteiger partial charge in [-0.15, -0.1) is 10.2 Å². The van der Waals surface area contributed by atoms with Crippen molar-refractivity contribution in [2.24, 2.45) is 0 Å². The molecule has 0 atom stereocenters. The molecule has 1 amide bonds. The topological polar surface area (TPSA) is 122 Å². The number of carbonyl (C=O) groups excluding carboxylic acids is 1. The van der Waals surface area contributed by atoms with Crippen LogP contribution >= 0.6 is 0 Å². The molecule has 2 N–H and O–H groups in total. The number of carboxylic acid groups (broad SMARTS) is 1. The van der Waals surface area contributed by atoms with Crippen LogP contribution in [0.25, 0.3) is 11.4 Å². The molecule has 10 nitrogen and oxygen atoms in total. The van der Waals surface area contributed by atoms with Gasteiger partial charge in [-0.3, -0.25) is 9.78 Å². The number of benzene rings is 1. The number of hydrogen-bond acceptors (Lipinski definition) is 7. The second kappa shape index (κ2) is 11.1. The molecule has 0 spiro atoms. The predicted octanol–water partition coefficient (Wildman–Crippen LogP) is 2.82. The molecule has 3 aromatic rings. The fourth-order valence-electron chi connectivity index (χ4n) is 3.09. The Bertz CT molecular complexity index is 1160. The van der Waals surface area contributed by atoms with Crippen LogP contribution in [0, 0.1) is 0 Å². The van der Waals surface area contributed by atoms with Crippen molar-refractivity contribution in [1.29, 1.82) is 0 Å². The number of halogens is 3. The molecule has 2 aromatic heterocycles. The predicted molar refractivity (Wildman–Crippen MR) is 118 cm³/mol. The molecule has 4 rings (SSSR count). The Morgan fingerprint density at radius 3 is 2.40 bits per heavy atom. The number of carboxylic acids is 1. The Kier molecular flexibility index (Phi) is 8.14. The van der Waals surface area contributed by atoms with Gasteiger partial charge < -0.3 is 24.6 Å². The largest absolute Gasteiger partial charge is 0.490 e. The molecule has 35 heavy (non-hydrogen) atoms. The summed E-state index contributed by atoms with van der Waals surface area (Å²) in [6.45, 7) is 2.63. The molecule has 0 unspecified atom stereocenters. The highest BCUT2D eigenvalue weighted by atomic mass is 19.4. The minimum atomic E-state index is -5.08. The van der Waals surface area contributed by atoms with E-state index in [2.05, 4.69) is 25.1 Å². The molecular weight excluding hydrogens is 469 g/mol. The number of pyridine rings is 1. The number of aliphatic carboxylic acids is 1. The summed E-state index contributed by atoms with van der Waals surface area (Å²) in [6, 6.07) is 11.3. The number of hydrogen-bond donors (Lipinski definition) is 2. The van der Waals surface area contributed by atoms with E-state index >= 15 is 0 Å². The van der Waals surface area contributed by atoms with Crippen molar-refractivity contribution < 1.29 is 32.6 Å². The summed E-state index contributed by atoms with van der Waals surface area (Å²) in [7, 11) is 3.96. The maximum absolute atomic E-state index is 12.5. The fraction of sp³-hybridized carbons (Fsp3) is 0.318. The number of rotatable bonds is 5. The number of amides is 1. The maximum atomic E-state index is 12.5. The van der Waals surface area contributed by atoms with Crippen molar-refractivity contribution in [1.82, 2.24) is 24.6 Å². The van der Waals surface area contributed by atoms with E-state index in [9.17, 15) is 18.0 Å². The molecule has 0 saturated carbocycles. The Labute approximate surface area is 198 Å². The monoisotopic (exact) mass is 492 g/mol. The summed E-state index contributed by atoms with van der Waals surface area (Å²) in [6.07, 6.45) is -3.48. The zero-order valence-corrected chi connectivity index (χ0v) is 18.9. The number of fused-ring (bicyclic) bond motifs is 1. The molecule has 0 saturated heterocycles. The van der Waals surface area contributed by atoms with E-state index in [4.69, 9.17) is 14.6 Å². The lowest BCUT2D eigenvalue weighted by Crippen LogP contribution is -2.21. The minimum Gasteiger partial charge on any atom is -0.475 e. The van der Waals surface area contributed by atoms with Crippen LogP contribution in [0.2, 0.25) is 0 Å². The summed E-state index contributed by atoms with van der Waals surface area (Å²) in [5, 5.41) is 18.5. The molecule has 3 heterocycles. The lowest BCUT2D eigenvalue weighted by Gasteiger charge is -2.15. The number of alkyl halides is 3. The lowest BCUT2D eigenvalue weighted by atomic mass is 10.1. The minimum absolute atomic E-state index is 0.186. The summed E-state index contributed by atoms with van der Waals surface area (Å²) in [4.78, 5) is 27.7. The third kappa shape index (κ3) is 7.07. The molecule has 1 aromatic carbocycles. The van der Waals surface area contributed by atoms with Gasteiger partial charge in [0.05, 0.1) is 17.9 Å². The van der Waals surface area contributed by atoms with Crippen LogP contribution in [0.3, 0.4) is 0 Å². The van der Waals surface area contributed by atoms with E-state index in [-0.39, 0.29) is 5.91 Å². The van der Waals surface area contributed by atoms with E-state index < -0.39 is 12.1 Å². The quantitative estimate of drug-likeness (QED) is 0.558. The summed E-state index contributed by atoms with van der Waals surface area (Å²) in [5.41, 5.74) is 3.12. The number of aromatic nitrogens is 4. The molecule has 0 fully saturated rings. The van der Waals surface area contributed by atoms with E-state index in [0.717, 1.165) is 36.0 Å². The maximum Gasteiger partial charge on any atom is 0.490 e. The first kappa shape index (κ1) is 25.8. The average molecular weight is 492 g/mol. The SMILES string of the molecule is CN(C)Cc1ccc(C(=O)Nc2ccc(-c3nnc4n3CCOC4)cc2)cn1.O=C(O)C(F)(F)F. The van der Waals surface area contributed by atoms with Gasteiger partial charge in [0.15, 0.2) is 11.6 Å². The van der Waals surface area contributed by atoms with Crippen molar-refractivity contribution >= 4 is 17.6 Å². The van der Waals surface area contributed by atoms with Crippen LogP contribution in [0.1, 0.15) is 21.9 Å². The lowest BCUT2D eigenvalue weighted by molar-refractivity contribution is -0.192. The summed E-state index contributed by atoms with van der Waals surface area (Å²) >= 11 is 0. The zero-order valence-electron chi connectivity index (χ0n) is 18.9. The van der Waals surface area contributed by atoms with Gasteiger partial charge in [0.2, 0.25) is 0 Å². The first-order valence-electron chi connectivity index (χ1n) is 10.4. The van der Waals surface area contributed by atoms with Gasteiger partial charge in [-0.05, 0) is 50.5 Å². The molecular formula is C22H23F3N6O4. The van der Waals surface area contributed by atoms with Gasteiger partial charge in [-0.2, -0.15) is 13.2 Å². The molecule has 13 heteroatoms. The third-order valence-corrected chi connectivity index (χ3v) is 4.73. The van der Waals surface area contributed by atoms with Gasteiger partial charge in [0, 0.05) is 30.5 Å². The molecule has 0 aliphatic carbocycles. The number of nitrogens with zero attached hydrogens (tertiary/aromatic N) is 5. The molecule has 1 aliphatic rings. The summed E-state index contributed by atoms with van der Waals surface area (Å²) in [5.74, 6) is -1.29. The smallest absolute Gasteiger partial charge is 0.475 e.